The minimum atomic E-state index is -0.374. The summed E-state index contributed by atoms with van der Waals surface area (Å²) in [5, 5.41) is 7.77. The van der Waals surface area contributed by atoms with Crippen molar-refractivity contribution < 1.29 is 4.52 Å². The Morgan fingerprint density at radius 1 is 1.57 bits per heavy atom. The Balaban J connectivity index is 2.28. The van der Waals surface area contributed by atoms with E-state index in [9.17, 15) is 0 Å². The SMILES string of the molecule is Cc1nc([C@@H](N)c2cnn(C)c2)no1. The van der Waals surface area contributed by atoms with E-state index in [-0.39, 0.29) is 6.04 Å². The van der Waals surface area contributed by atoms with Crippen molar-refractivity contribution in [3.63, 3.8) is 0 Å². The summed E-state index contributed by atoms with van der Waals surface area (Å²) >= 11 is 0. The van der Waals surface area contributed by atoms with Crippen LogP contribution in [0.3, 0.4) is 0 Å². The smallest absolute Gasteiger partial charge is 0.223 e. The molecule has 2 rings (SSSR count). The van der Waals surface area contributed by atoms with Gasteiger partial charge in [0.1, 0.15) is 0 Å². The van der Waals surface area contributed by atoms with Crippen molar-refractivity contribution in [2.45, 2.75) is 13.0 Å². The molecule has 0 fully saturated rings. The number of nitrogens with zero attached hydrogens (tertiary/aromatic N) is 4. The molecular formula is C8H11N5O. The lowest BCUT2D eigenvalue weighted by molar-refractivity contribution is 0.385. The maximum atomic E-state index is 5.90. The van der Waals surface area contributed by atoms with Gasteiger partial charge in [-0.2, -0.15) is 10.1 Å². The second kappa shape index (κ2) is 3.22. The van der Waals surface area contributed by atoms with E-state index in [0.717, 1.165) is 5.56 Å². The topological polar surface area (TPSA) is 82.8 Å². The minimum absolute atomic E-state index is 0.374. The first-order valence-electron chi connectivity index (χ1n) is 4.21. The lowest BCUT2D eigenvalue weighted by atomic mass is 10.2. The summed E-state index contributed by atoms with van der Waals surface area (Å²) in [6, 6.07) is -0.374. The van der Waals surface area contributed by atoms with Crippen LogP contribution in [-0.4, -0.2) is 19.9 Å². The molecule has 0 aliphatic carbocycles. The van der Waals surface area contributed by atoms with Gasteiger partial charge in [0.25, 0.3) is 0 Å². The summed E-state index contributed by atoms with van der Waals surface area (Å²) in [4.78, 5) is 4.06. The molecule has 0 spiro atoms. The quantitative estimate of drug-likeness (QED) is 0.734. The van der Waals surface area contributed by atoms with E-state index < -0.39 is 0 Å². The van der Waals surface area contributed by atoms with Crippen LogP contribution in [0.1, 0.15) is 23.3 Å². The summed E-state index contributed by atoms with van der Waals surface area (Å²) in [6.45, 7) is 1.73. The monoisotopic (exact) mass is 193 g/mol. The van der Waals surface area contributed by atoms with E-state index in [1.807, 2.05) is 13.2 Å². The van der Waals surface area contributed by atoms with E-state index in [0.29, 0.717) is 11.7 Å². The Labute approximate surface area is 80.7 Å². The summed E-state index contributed by atoms with van der Waals surface area (Å²) < 4.78 is 6.53. The van der Waals surface area contributed by atoms with Gasteiger partial charge in [0.15, 0.2) is 5.82 Å². The maximum Gasteiger partial charge on any atom is 0.223 e. The molecule has 0 aliphatic rings. The Kier molecular flexibility index (Phi) is 2.05. The number of rotatable bonds is 2. The summed E-state index contributed by atoms with van der Waals surface area (Å²) in [5.74, 6) is 0.995. The van der Waals surface area contributed by atoms with Crippen LogP contribution in [0.2, 0.25) is 0 Å². The molecule has 2 aromatic heterocycles. The molecular weight excluding hydrogens is 182 g/mol. The Morgan fingerprint density at radius 2 is 2.36 bits per heavy atom. The molecule has 0 unspecified atom stereocenters. The molecule has 0 saturated carbocycles. The molecule has 0 aromatic carbocycles. The summed E-state index contributed by atoms with van der Waals surface area (Å²) in [5.41, 5.74) is 6.77. The summed E-state index contributed by atoms with van der Waals surface area (Å²) in [7, 11) is 1.83. The van der Waals surface area contributed by atoms with E-state index in [1.54, 1.807) is 17.8 Å². The third-order valence-electron chi connectivity index (χ3n) is 1.91. The zero-order chi connectivity index (χ0) is 10.1. The zero-order valence-corrected chi connectivity index (χ0v) is 8.01. The van der Waals surface area contributed by atoms with Crippen LogP contribution >= 0.6 is 0 Å². The first-order valence-corrected chi connectivity index (χ1v) is 4.21. The highest BCUT2D eigenvalue weighted by Gasteiger charge is 2.15. The molecule has 0 bridgehead atoms. The van der Waals surface area contributed by atoms with E-state index in [2.05, 4.69) is 15.2 Å². The number of nitrogens with two attached hydrogens (primary N) is 1. The molecule has 0 saturated heterocycles. The molecule has 6 heteroatoms. The van der Waals surface area contributed by atoms with Crippen molar-refractivity contribution in [2.75, 3.05) is 0 Å². The van der Waals surface area contributed by atoms with E-state index in [4.69, 9.17) is 10.3 Å². The first-order chi connectivity index (χ1) is 6.66. The van der Waals surface area contributed by atoms with Crippen LogP contribution in [0.4, 0.5) is 0 Å². The van der Waals surface area contributed by atoms with Gasteiger partial charge in [0.05, 0.1) is 12.2 Å². The number of hydrogen-bond donors (Lipinski definition) is 1. The van der Waals surface area contributed by atoms with Gasteiger partial charge >= 0.3 is 0 Å². The predicted molar refractivity (Wildman–Crippen MR) is 48.3 cm³/mol. The molecule has 0 radical (unpaired) electrons. The van der Waals surface area contributed by atoms with Crippen LogP contribution in [0, 0.1) is 6.92 Å². The van der Waals surface area contributed by atoms with Crippen LogP contribution < -0.4 is 5.73 Å². The average Bonchev–Trinajstić information content (AvgIpc) is 2.73. The van der Waals surface area contributed by atoms with E-state index in [1.165, 1.54) is 0 Å². The van der Waals surface area contributed by atoms with Crippen molar-refractivity contribution in [1.29, 1.82) is 0 Å². The minimum Gasteiger partial charge on any atom is -0.340 e. The molecule has 74 valence electrons. The molecule has 1 atom stereocenters. The Hall–Kier alpha value is -1.69. The fourth-order valence-corrected chi connectivity index (χ4v) is 1.19. The van der Waals surface area contributed by atoms with Gasteiger partial charge in [-0.3, -0.25) is 4.68 Å². The van der Waals surface area contributed by atoms with Gasteiger partial charge in [-0.1, -0.05) is 5.16 Å². The van der Waals surface area contributed by atoms with Crippen LogP contribution in [-0.2, 0) is 7.05 Å². The van der Waals surface area contributed by atoms with Crippen molar-refractivity contribution in [2.24, 2.45) is 12.8 Å². The zero-order valence-electron chi connectivity index (χ0n) is 8.01. The third kappa shape index (κ3) is 1.51. The standard InChI is InChI=1S/C8H11N5O/c1-5-11-8(12-14-5)7(9)6-3-10-13(2)4-6/h3-4,7H,9H2,1-2H3/t7-/m0/s1. The molecule has 2 aromatic rings. The fourth-order valence-electron chi connectivity index (χ4n) is 1.19. The average molecular weight is 193 g/mol. The highest BCUT2D eigenvalue weighted by molar-refractivity contribution is 5.17. The third-order valence-corrected chi connectivity index (χ3v) is 1.91. The first kappa shape index (κ1) is 8.89. The van der Waals surface area contributed by atoms with Gasteiger partial charge in [0, 0.05) is 25.7 Å². The molecule has 0 amide bonds. The molecule has 14 heavy (non-hydrogen) atoms. The van der Waals surface area contributed by atoms with E-state index >= 15 is 0 Å². The Bertz CT molecular complexity index is 392. The maximum absolute atomic E-state index is 5.90. The van der Waals surface area contributed by atoms with Gasteiger partial charge in [0.2, 0.25) is 5.89 Å². The number of hydrogen-bond acceptors (Lipinski definition) is 5. The highest BCUT2D eigenvalue weighted by atomic mass is 16.5. The van der Waals surface area contributed by atoms with Crippen LogP contribution in [0.25, 0.3) is 0 Å². The fraction of sp³-hybridized carbons (Fsp3) is 0.375. The van der Waals surface area contributed by atoms with Crippen molar-refractivity contribution in [3.8, 4) is 0 Å². The van der Waals surface area contributed by atoms with Crippen molar-refractivity contribution in [1.82, 2.24) is 19.9 Å². The van der Waals surface area contributed by atoms with Crippen molar-refractivity contribution in [3.05, 3.63) is 29.7 Å². The summed E-state index contributed by atoms with van der Waals surface area (Å²) in [6.07, 6.45) is 3.52. The predicted octanol–water partition coefficient (Wildman–Crippen LogP) is 0.160. The van der Waals surface area contributed by atoms with Crippen LogP contribution in [0.5, 0.6) is 0 Å². The lowest BCUT2D eigenvalue weighted by Crippen LogP contribution is -2.12. The van der Waals surface area contributed by atoms with Gasteiger partial charge in [-0.15, -0.1) is 0 Å². The Morgan fingerprint density at radius 3 is 2.86 bits per heavy atom. The normalized spacial score (nSPS) is 13.1. The van der Waals surface area contributed by atoms with Crippen LogP contribution in [0.15, 0.2) is 16.9 Å². The molecule has 0 aliphatic heterocycles. The number of aryl methyl sites for hydroxylation is 2. The molecule has 2 N–H and O–H groups in total. The molecule has 6 nitrogen and oxygen atoms in total. The van der Waals surface area contributed by atoms with Crippen molar-refractivity contribution >= 4 is 0 Å². The number of aromatic nitrogens is 4. The largest absolute Gasteiger partial charge is 0.340 e. The molecule has 2 heterocycles. The highest BCUT2D eigenvalue weighted by Crippen LogP contribution is 2.15. The second-order valence-corrected chi connectivity index (χ2v) is 3.10. The second-order valence-electron chi connectivity index (χ2n) is 3.10. The van der Waals surface area contributed by atoms with Gasteiger partial charge < -0.3 is 10.3 Å². The van der Waals surface area contributed by atoms with Gasteiger partial charge in [-0.05, 0) is 0 Å². The lowest BCUT2D eigenvalue weighted by Gasteiger charge is -2.01. The van der Waals surface area contributed by atoms with Gasteiger partial charge in [-0.25, -0.2) is 0 Å².